The van der Waals surface area contributed by atoms with Gasteiger partial charge in [0.1, 0.15) is 24.2 Å². The van der Waals surface area contributed by atoms with Crippen molar-refractivity contribution in [3.05, 3.63) is 83.4 Å². The first-order valence-electron chi connectivity index (χ1n) is 10.1. The first-order chi connectivity index (χ1) is 15.0. The van der Waals surface area contributed by atoms with Gasteiger partial charge in [-0.1, -0.05) is 48.5 Å². The summed E-state index contributed by atoms with van der Waals surface area (Å²) in [7, 11) is 0. The molecule has 1 aliphatic carbocycles. The number of carbonyl (C=O) groups excluding carboxylic acids is 2. The number of fused-ring (bicyclic) bond motifs is 2. The number of aliphatic hydroxyl groups excluding tert-OH is 1. The summed E-state index contributed by atoms with van der Waals surface area (Å²) in [5.41, 5.74) is 4.19. The second-order valence-electron chi connectivity index (χ2n) is 7.65. The van der Waals surface area contributed by atoms with Gasteiger partial charge in [0.25, 0.3) is 0 Å². The maximum atomic E-state index is 12.9. The van der Waals surface area contributed by atoms with Crippen LogP contribution < -0.4 is 4.74 Å². The first kappa shape index (κ1) is 19.2. The van der Waals surface area contributed by atoms with Crippen LogP contribution in [0.25, 0.3) is 22.2 Å². The van der Waals surface area contributed by atoms with Crippen LogP contribution in [0.15, 0.2) is 66.7 Å². The van der Waals surface area contributed by atoms with Gasteiger partial charge >= 0.3 is 0 Å². The van der Waals surface area contributed by atoms with Gasteiger partial charge < -0.3 is 9.84 Å². The van der Waals surface area contributed by atoms with Gasteiger partial charge in [-0.25, -0.2) is 0 Å². The molecule has 31 heavy (non-hydrogen) atoms. The summed E-state index contributed by atoms with van der Waals surface area (Å²) in [6.07, 6.45) is -0.827. The highest BCUT2D eigenvalue weighted by molar-refractivity contribution is 6.25. The molecule has 0 saturated carbocycles. The van der Waals surface area contributed by atoms with Crippen molar-refractivity contribution >= 4 is 22.5 Å². The van der Waals surface area contributed by atoms with E-state index in [1.54, 1.807) is 28.9 Å². The molecule has 0 bridgehead atoms. The summed E-state index contributed by atoms with van der Waals surface area (Å²) in [5, 5.41) is 16.1. The number of benzene rings is 3. The molecular formula is C25H20N2O4. The van der Waals surface area contributed by atoms with Crippen molar-refractivity contribution in [1.29, 1.82) is 0 Å². The smallest absolute Gasteiger partial charge is 0.194 e. The summed E-state index contributed by atoms with van der Waals surface area (Å²) < 4.78 is 7.41. The second-order valence-corrected chi connectivity index (χ2v) is 7.65. The number of hydrogen-bond donors (Lipinski definition) is 1. The minimum absolute atomic E-state index is 0.0116. The van der Waals surface area contributed by atoms with Crippen LogP contribution >= 0.6 is 0 Å². The van der Waals surface area contributed by atoms with Gasteiger partial charge in [-0.15, -0.1) is 0 Å². The summed E-state index contributed by atoms with van der Waals surface area (Å²) in [5.74, 6) is 0.470. The molecule has 6 heteroatoms. The average molecular weight is 412 g/mol. The van der Waals surface area contributed by atoms with E-state index in [9.17, 15) is 14.7 Å². The Morgan fingerprint density at radius 2 is 1.77 bits per heavy atom. The molecule has 3 aromatic carbocycles. The molecule has 1 unspecified atom stereocenters. The van der Waals surface area contributed by atoms with Crippen LogP contribution in [0.4, 0.5) is 0 Å². The van der Waals surface area contributed by atoms with E-state index in [0.717, 1.165) is 22.2 Å². The molecule has 5 rings (SSSR count). The Hall–Kier alpha value is -3.77. The van der Waals surface area contributed by atoms with Crippen molar-refractivity contribution in [1.82, 2.24) is 9.78 Å². The number of nitrogens with zero attached hydrogens (tertiary/aromatic N) is 2. The molecule has 0 amide bonds. The van der Waals surface area contributed by atoms with Gasteiger partial charge in [-0.2, -0.15) is 5.10 Å². The standard InChI is InChI=1S/C25H20N2O4/c1-15(28)16-6-4-7-18(12-16)31-14-17(29)13-27-22-11-5-10-21-23(22)24(26-27)19-8-2-3-9-20(19)25(21)30/h2-12,17,29H,13-14H2,1H3. The Morgan fingerprint density at radius 3 is 2.58 bits per heavy atom. The third-order valence-corrected chi connectivity index (χ3v) is 5.52. The number of aromatic nitrogens is 2. The van der Waals surface area contributed by atoms with Crippen molar-refractivity contribution in [3.63, 3.8) is 0 Å². The lowest BCUT2D eigenvalue weighted by atomic mass is 9.87. The third kappa shape index (κ3) is 3.31. The van der Waals surface area contributed by atoms with E-state index in [1.807, 2.05) is 42.5 Å². The molecule has 154 valence electrons. The molecule has 4 aromatic rings. The fraction of sp³-hybridized carbons (Fsp3) is 0.160. The molecule has 1 aliphatic rings. The number of hydrogen-bond acceptors (Lipinski definition) is 5. The molecular weight excluding hydrogens is 392 g/mol. The number of ketones is 2. The SMILES string of the molecule is CC(=O)c1cccc(OCC(O)Cn2nc3c4c(cccc42)C(=O)c2ccccc2-3)c1. The van der Waals surface area contributed by atoms with E-state index in [4.69, 9.17) is 9.84 Å². The van der Waals surface area contributed by atoms with Crippen molar-refractivity contribution in [3.8, 4) is 17.0 Å². The first-order valence-corrected chi connectivity index (χ1v) is 10.1. The topological polar surface area (TPSA) is 81.4 Å². The van der Waals surface area contributed by atoms with Gasteiger partial charge in [0.15, 0.2) is 11.6 Å². The molecule has 1 atom stereocenters. The molecule has 0 aliphatic heterocycles. The maximum Gasteiger partial charge on any atom is 0.194 e. The van der Waals surface area contributed by atoms with Gasteiger partial charge in [-0.3, -0.25) is 14.3 Å². The Labute approximate surface area is 178 Å². The second kappa shape index (κ2) is 7.49. The Bertz CT molecular complexity index is 1340. The van der Waals surface area contributed by atoms with E-state index >= 15 is 0 Å². The highest BCUT2D eigenvalue weighted by Crippen LogP contribution is 2.38. The van der Waals surface area contributed by atoms with Gasteiger partial charge in [0.05, 0.1) is 12.1 Å². The van der Waals surface area contributed by atoms with E-state index in [-0.39, 0.29) is 24.7 Å². The van der Waals surface area contributed by atoms with Gasteiger partial charge in [0, 0.05) is 27.6 Å². The minimum Gasteiger partial charge on any atom is -0.491 e. The van der Waals surface area contributed by atoms with E-state index < -0.39 is 6.10 Å². The maximum absolute atomic E-state index is 12.9. The van der Waals surface area contributed by atoms with Crippen LogP contribution in [-0.4, -0.2) is 39.2 Å². The number of rotatable bonds is 6. The predicted molar refractivity (Wildman–Crippen MR) is 117 cm³/mol. The summed E-state index contributed by atoms with van der Waals surface area (Å²) in [6, 6.07) is 19.9. The highest BCUT2D eigenvalue weighted by atomic mass is 16.5. The molecule has 1 N–H and O–H groups in total. The van der Waals surface area contributed by atoms with Crippen LogP contribution in [0.1, 0.15) is 33.2 Å². The number of aliphatic hydroxyl groups is 1. The van der Waals surface area contributed by atoms with Gasteiger partial charge in [-0.05, 0) is 25.1 Å². The lowest BCUT2D eigenvalue weighted by Crippen LogP contribution is -2.24. The van der Waals surface area contributed by atoms with Crippen LogP contribution in [0.3, 0.4) is 0 Å². The summed E-state index contributed by atoms with van der Waals surface area (Å²) in [6.45, 7) is 1.76. The fourth-order valence-corrected chi connectivity index (χ4v) is 4.03. The summed E-state index contributed by atoms with van der Waals surface area (Å²) in [4.78, 5) is 24.5. The molecule has 1 heterocycles. The molecule has 0 fully saturated rings. The molecule has 0 radical (unpaired) electrons. The Balaban J connectivity index is 1.42. The molecule has 1 aromatic heterocycles. The number of ether oxygens (including phenoxy) is 1. The molecule has 6 nitrogen and oxygen atoms in total. The average Bonchev–Trinajstić information content (AvgIpc) is 3.15. The highest BCUT2D eigenvalue weighted by Gasteiger charge is 2.28. The largest absolute Gasteiger partial charge is 0.491 e. The van der Waals surface area contributed by atoms with E-state index in [0.29, 0.717) is 22.4 Å². The van der Waals surface area contributed by atoms with E-state index in [1.165, 1.54) is 6.92 Å². The monoisotopic (exact) mass is 412 g/mol. The molecule has 0 saturated heterocycles. The predicted octanol–water partition coefficient (Wildman–Crippen LogP) is 3.89. The zero-order valence-corrected chi connectivity index (χ0v) is 16.9. The zero-order valence-electron chi connectivity index (χ0n) is 16.9. The summed E-state index contributed by atoms with van der Waals surface area (Å²) >= 11 is 0. The number of Topliss-reactive ketones (excluding diaryl/α,β-unsaturated/α-hetero) is 1. The zero-order chi connectivity index (χ0) is 21.5. The Kier molecular flexibility index (Phi) is 4.64. The number of carbonyl (C=O) groups is 2. The lowest BCUT2D eigenvalue weighted by Gasteiger charge is -2.14. The van der Waals surface area contributed by atoms with Crippen LogP contribution in [0, 0.1) is 0 Å². The van der Waals surface area contributed by atoms with Crippen molar-refractivity contribution in [2.75, 3.05) is 6.61 Å². The fourth-order valence-electron chi connectivity index (χ4n) is 4.03. The minimum atomic E-state index is -0.827. The quantitative estimate of drug-likeness (QED) is 0.428. The third-order valence-electron chi connectivity index (χ3n) is 5.52. The van der Waals surface area contributed by atoms with Crippen molar-refractivity contribution in [2.24, 2.45) is 0 Å². The van der Waals surface area contributed by atoms with E-state index in [2.05, 4.69) is 0 Å². The lowest BCUT2D eigenvalue weighted by molar-refractivity contribution is 0.0904. The van der Waals surface area contributed by atoms with Crippen LogP contribution in [-0.2, 0) is 6.54 Å². The van der Waals surface area contributed by atoms with Crippen molar-refractivity contribution in [2.45, 2.75) is 19.6 Å². The van der Waals surface area contributed by atoms with Crippen LogP contribution in [0.2, 0.25) is 0 Å². The molecule has 0 spiro atoms. The van der Waals surface area contributed by atoms with Crippen LogP contribution in [0.5, 0.6) is 5.75 Å². The normalized spacial score (nSPS) is 13.2. The van der Waals surface area contributed by atoms with Gasteiger partial charge in [0.2, 0.25) is 0 Å². The van der Waals surface area contributed by atoms with Crippen molar-refractivity contribution < 1.29 is 19.4 Å². The Morgan fingerprint density at radius 1 is 1.03 bits per heavy atom.